The normalized spacial score (nSPS) is 12.4. The van der Waals surface area contributed by atoms with Crippen molar-refractivity contribution in [1.29, 1.82) is 5.26 Å². The zero-order valence-corrected chi connectivity index (χ0v) is 20.3. The van der Waals surface area contributed by atoms with Gasteiger partial charge in [0.05, 0.1) is 39.9 Å². The molecule has 1 atom stereocenters. The highest BCUT2D eigenvalue weighted by atomic mass is 16.5. The predicted octanol–water partition coefficient (Wildman–Crippen LogP) is 5.30. The molecule has 7 heteroatoms. The Hall–Kier alpha value is -3.40. The number of unbranched alkanes of at least 4 members (excludes halogenated alkanes) is 1. The van der Waals surface area contributed by atoms with Gasteiger partial charge in [0.25, 0.3) is 0 Å². The summed E-state index contributed by atoms with van der Waals surface area (Å²) >= 11 is 0. The van der Waals surface area contributed by atoms with Crippen LogP contribution in [0.5, 0.6) is 28.7 Å². The van der Waals surface area contributed by atoms with E-state index in [9.17, 15) is 10.1 Å². The second-order valence-electron chi connectivity index (χ2n) is 8.01. The number of ether oxygens (including phenoxy) is 5. The molecule has 0 amide bonds. The number of nitriles is 1. The summed E-state index contributed by atoms with van der Waals surface area (Å²) in [5.74, 6) is 2.40. The van der Waals surface area contributed by atoms with Gasteiger partial charge >= 0.3 is 5.97 Å². The Kier molecular flexibility index (Phi) is 9.41. The number of carbonyl (C=O) groups excluding carboxylic acids is 1. The molecule has 0 bridgehead atoms. The van der Waals surface area contributed by atoms with Gasteiger partial charge in [-0.25, -0.2) is 0 Å². The second kappa shape index (κ2) is 12.0. The van der Waals surface area contributed by atoms with Crippen molar-refractivity contribution in [2.24, 2.45) is 5.92 Å². The van der Waals surface area contributed by atoms with Gasteiger partial charge in [0.15, 0.2) is 23.0 Å². The summed E-state index contributed by atoms with van der Waals surface area (Å²) in [6.45, 7) is 4.07. The van der Waals surface area contributed by atoms with Crippen LogP contribution in [0.25, 0.3) is 0 Å². The molecule has 7 nitrogen and oxygen atoms in total. The largest absolute Gasteiger partial charge is 0.493 e. The van der Waals surface area contributed by atoms with Crippen molar-refractivity contribution in [3.63, 3.8) is 0 Å². The van der Waals surface area contributed by atoms with Crippen LogP contribution in [0.1, 0.15) is 45.1 Å². The van der Waals surface area contributed by atoms with Crippen molar-refractivity contribution >= 4 is 5.97 Å². The van der Waals surface area contributed by atoms with E-state index in [-0.39, 0.29) is 18.3 Å². The Morgan fingerprint density at radius 2 is 1.45 bits per heavy atom. The molecule has 0 radical (unpaired) electrons. The van der Waals surface area contributed by atoms with Crippen LogP contribution in [0.15, 0.2) is 36.4 Å². The maximum absolute atomic E-state index is 12.3. The minimum Gasteiger partial charge on any atom is -0.493 e. The van der Waals surface area contributed by atoms with Crippen LogP contribution in [0.2, 0.25) is 0 Å². The van der Waals surface area contributed by atoms with Gasteiger partial charge in [-0.3, -0.25) is 4.79 Å². The topological polar surface area (TPSA) is 87.0 Å². The standard InChI is InChI=1S/C26H33NO6/c1-18(2)26(17-27,19-10-12-21(29-3)23(15-19)31-5)14-8-7-9-25(28)33-20-11-13-22(30-4)24(16-20)32-6/h10-13,15-16,18H,7-9,14H2,1-6H3. The Morgan fingerprint density at radius 1 is 0.879 bits per heavy atom. The maximum atomic E-state index is 12.3. The average Bonchev–Trinajstić information content (AvgIpc) is 2.83. The smallest absolute Gasteiger partial charge is 0.311 e. The molecule has 0 saturated carbocycles. The highest BCUT2D eigenvalue weighted by Gasteiger charge is 2.36. The molecule has 1 unspecified atom stereocenters. The van der Waals surface area contributed by atoms with Crippen molar-refractivity contribution in [3.05, 3.63) is 42.0 Å². The Morgan fingerprint density at radius 3 is 2.00 bits per heavy atom. The Labute approximate surface area is 196 Å². The molecule has 0 aliphatic heterocycles. The van der Waals surface area contributed by atoms with Gasteiger partial charge in [0, 0.05) is 12.5 Å². The summed E-state index contributed by atoms with van der Waals surface area (Å²) < 4.78 is 26.6. The lowest BCUT2D eigenvalue weighted by atomic mass is 9.69. The SMILES string of the molecule is COc1ccc(OC(=O)CCCCC(C#N)(c2ccc(OC)c(OC)c2)C(C)C)cc1OC. The molecule has 2 aromatic carbocycles. The minimum absolute atomic E-state index is 0.0688. The number of hydrogen-bond donors (Lipinski definition) is 0. The van der Waals surface area contributed by atoms with Gasteiger partial charge in [-0.05, 0) is 48.6 Å². The van der Waals surface area contributed by atoms with Crippen molar-refractivity contribution in [1.82, 2.24) is 0 Å². The first kappa shape index (κ1) is 25.9. The molecule has 33 heavy (non-hydrogen) atoms. The summed E-state index contributed by atoms with van der Waals surface area (Å²) in [6.07, 6.45) is 2.16. The highest BCUT2D eigenvalue weighted by Crippen LogP contribution is 2.41. The quantitative estimate of drug-likeness (QED) is 0.244. The van der Waals surface area contributed by atoms with Crippen LogP contribution in [0, 0.1) is 17.2 Å². The monoisotopic (exact) mass is 455 g/mol. The van der Waals surface area contributed by atoms with E-state index in [2.05, 4.69) is 6.07 Å². The zero-order chi connectivity index (χ0) is 24.4. The fourth-order valence-corrected chi connectivity index (χ4v) is 3.87. The lowest BCUT2D eigenvalue weighted by Crippen LogP contribution is -2.31. The van der Waals surface area contributed by atoms with Crippen LogP contribution >= 0.6 is 0 Å². The third kappa shape index (κ3) is 6.10. The predicted molar refractivity (Wildman–Crippen MR) is 125 cm³/mol. The number of benzene rings is 2. The molecule has 2 rings (SSSR count). The van der Waals surface area contributed by atoms with Crippen molar-refractivity contribution < 1.29 is 28.5 Å². The van der Waals surface area contributed by atoms with E-state index < -0.39 is 5.41 Å². The van der Waals surface area contributed by atoms with Crippen LogP contribution in [-0.4, -0.2) is 34.4 Å². The van der Waals surface area contributed by atoms with E-state index in [1.807, 2.05) is 32.0 Å². The molecule has 0 aliphatic rings. The van der Waals surface area contributed by atoms with E-state index in [1.165, 1.54) is 7.11 Å². The Bertz CT molecular complexity index is 981. The maximum Gasteiger partial charge on any atom is 0.311 e. The van der Waals surface area contributed by atoms with E-state index >= 15 is 0 Å². The van der Waals surface area contributed by atoms with Gasteiger partial charge < -0.3 is 23.7 Å². The summed E-state index contributed by atoms with van der Waals surface area (Å²) in [7, 11) is 6.23. The molecule has 0 saturated heterocycles. The third-order valence-corrected chi connectivity index (χ3v) is 5.87. The van der Waals surface area contributed by atoms with E-state index in [1.54, 1.807) is 39.5 Å². The molecule has 178 valence electrons. The van der Waals surface area contributed by atoms with E-state index in [4.69, 9.17) is 23.7 Å². The number of nitrogens with zero attached hydrogens (tertiary/aromatic N) is 1. The molecule has 0 aromatic heterocycles. The van der Waals surface area contributed by atoms with Crippen LogP contribution < -0.4 is 23.7 Å². The molecule has 2 aromatic rings. The number of rotatable bonds is 12. The molecular formula is C26H33NO6. The van der Waals surface area contributed by atoms with Crippen LogP contribution in [0.3, 0.4) is 0 Å². The number of esters is 1. The number of hydrogen-bond acceptors (Lipinski definition) is 7. The summed E-state index contributed by atoms with van der Waals surface area (Å²) in [5, 5.41) is 10.2. The van der Waals surface area contributed by atoms with Gasteiger partial charge in [0.1, 0.15) is 5.75 Å². The lowest BCUT2D eigenvalue weighted by Gasteiger charge is -2.32. The summed E-state index contributed by atoms with van der Waals surface area (Å²) in [4.78, 5) is 12.3. The van der Waals surface area contributed by atoms with Gasteiger partial charge in [0.2, 0.25) is 0 Å². The van der Waals surface area contributed by atoms with Crippen molar-refractivity contribution in [2.75, 3.05) is 28.4 Å². The third-order valence-electron chi connectivity index (χ3n) is 5.87. The first-order valence-electron chi connectivity index (χ1n) is 10.9. The molecule has 0 fully saturated rings. The minimum atomic E-state index is -0.702. The molecule has 0 N–H and O–H groups in total. The molecule has 0 spiro atoms. The first-order chi connectivity index (χ1) is 15.8. The average molecular weight is 456 g/mol. The van der Waals surface area contributed by atoms with Crippen molar-refractivity contribution in [3.8, 4) is 34.8 Å². The van der Waals surface area contributed by atoms with Crippen molar-refractivity contribution in [2.45, 2.75) is 44.9 Å². The Balaban J connectivity index is 2.02. The number of methoxy groups -OCH3 is 4. The summed E-state index contributed by atoms with van der Waals surface area (Å²) in [6, 6.07) is 13.1. The fraction of sp³-hybridized carbons (Fsp3) is 0.462. The lowest BCUT2D eigenvalue weighted by molar-refractivity contribution is -0.134. The van der Waals surface area contributed by atoms with E-state index in [0.29, 0.717) is 48.0 Å². The summed E-state index contributed by atoms with van der Waals surface area (Å²) in [5.41, 5.74) is 0.179. The first-order valence-corrected chi connectivity index (χ1v) is 10.9. The van der Waals surface area contributed by atoms with Gasteiger partial charge in [-0.2, -0.15) is 5.26 Å². The number of carbonyl (C=O) groups is 1. The van der Waals surface area contributed by atoms with Gasteiger partial charge in [-0.15, -0.1) is 0 Å². The van der Waals surface area contributed by atoms with E-state index in [0.717, 1.165) is 5.56 Å². The molecular weight excluding hydrogens is 422 g/mol. The van der Waals surface area contributed by atoms with Crippen LogP contribution in [-0.2, 0) is 10.2 Å². The van der Waals surface area contributed by atoms with Gasteiger partial charge in [-0.1, -0.05) is 26.3 Å². The van der Waals surface area contributed by atoms with Crippen LogP contribution in [0.4, 0.5) is 0 Å². The second-order valence-corrected chi connectivity index (χ2v) is 8.01. The highest BCUT2D eigenvalue weighted by molar-refractivity contribution is 5.72. The fourth-order valence-electron chi connectivity index (χ4n) is 3.87. The zero-order valence-electron chi connectivity index (χ0n) is 20.3. The molecule has 0 heterocycles. The molecule has 0 aliphatic carbocycles.